The number of ether oxygens (including phenoxy) is 1. The molecule has 0 atom stereocenters. The molecule has 0 spiro atoms. The molecule has 3 heteroatoms. The molecule has 0 bridgehead atoms. The molecule has 1 aliphatic heterocycles. The van der Waals surface area contributed by atoms with Crippen LogP contribution in [0.3, 0.4) is 0 Å². The van der Waals surface area contributed by atoms with E-state index in [1.54, 1.807) is 0 Å². The molecule has 1 fully saturated rings. The van der Waals surface area contributed by atoms with Gasteiger partial charge in [-0.05, 0) is 13.8 Å². The summed E-state index contributed by atoms with van der Waals surface area (Å²) in [7, 11) is 0. The first-order valence-corrected chi connectivity index (χ1v) is 6.51. The summed E-state index contributed by atoms with van der Waals surface area (Å²) in [5.74, 6) is 0.215. The number of benzene rings is 1. The molecule has 0 aliphatic carbocycles. The van der Waals surface area contributed by atoms with E-state index in [0.29, 0.717) is 6.42 Å². The van der Waals surface area contributed by atoms with Gasteiger partial charge in [-0.2, -0.15) is 0 Å². The molecule has 3 nitrogen and oxygen atoms in total. The maximum absolute atomic E-state index is 12.2. The summed E-state index contributed by atoms with van der Waals surface area (Å²) in [6, 6.07) is 9.53. The summed E-state index contributed by atoms with van der Waals surface area (Å²) in [6.07, 6.45) is 0.553. The van der Waals surface area contributed by atoms with Crippen molar-refractivity contribution >= 4 is 5.78 Å². The third kappa shape index (κ3) is 3.18. The maximum atomic E-state index is 12.2. The molecule has 1 aromatic carbocycles. The van der Waals surface area contributed by atoms with Crippen LogP contribution in [0.5, 0.6) is 0 Å². The predicted molar refractivity (Wildman–Crippen MR) is 71.9 cm³/mol. The highest BCUT2D eigenvalue weighted by Gasteiger charge is 2.30. The molecule has 0 N–H and O–H groups in total. The number of morpholine rings is 1. The lowest BCUT2D eigenvalue weighted by atomic mass is 9.92. The highest BCUT2D eigenvalue weighted by atomic mass is 16.5. The molecule has 1 saturated heterocycles. The van der Waals surface area contributed by atoms with E-state index in [4.69, 9.17) is 4.74 Å². The minimum absolute atomic E-state index is 0.100. The molecule has 0 radical (unpaired) electrons. The molecule has 98 valence electrons. The molecule has 2 rings (SSSR count). The van der Waals surface area contributed by atoms with Gasteiger partial charge in [0.2, 0.25) is 0 Å². The highest BCUT2D eigenvalue weighted by Crippen LogP contribution is 2.22. The molecule has 0 aromatic heterocycles. The van der Waals surface area contributed by atoms with Crippen LogP contribution in [-0.2, 0) is 4.74 Å². The van der Waals surface area contributed by atoms with E-state index in [0.717, 1.165) is 31.9 Å². The van der Waals surface area contributed by atoms with Gasteiger partial charge in [-0.15, -0.1) is 0 Å². The first-order chi connectivity index (χ1) is 8.59. The molecule has 1 heterocycles. The molecule has 1 aliphatic rings. The van der Waals surface area contributed by atoms with Crippen molar-refractivity contribution in [1.29, 1.82) is 0 Å². The van der Waals surface area contributed by atoms with Crippen molar-refractivity contribution in [3.05, 3.63) is 35.9 Å². The van der Waals surface area contributed by atoms with Crippen LogP contribution in [0.25, 0.3) is 0 Å². The van der Waals surface area contributed by atoms with E-state index in [1.165, 1.54) is 0 Å². The van der Waals surface area contributed by atoms with Gasteiger partial charge >= 0.3 is 0 Å². The number of ketones is 1. The van der Waals surface area contributed by atoms with Crippen molar-refractivity contribution < 1.29 is 9.53 Å². The van der Waals surface area contributed by atoms with Crippen LogP contribution < -0.4 is 0 Å². The summed E-state index contributed by atoms with van der Waals surface area (Å²) in [5.41, 5.74) is 0.704. The molecule has 18 heavy (non-hydrogen) atoms. The van der Waals surface area contributed by atoms with Gasteiger partial charge in [0.05, 0.1) is 13.2 Å². The normalized spacial score (nSPS) is 17.7. The molecule has 0 unspecified atom stereocenters. The van der Waals surface area contributed by atoms with Gasteiger partial charge in [0.15, 0.2) is 5.78 Å². The Balaban J connectivity index is 2.01. The van der Waals surface area contributed by atoms with Crippen LogP contribution in [0.2, 0.25) is 0 Å². The van der Waals surface area contributed by atoms with Crippen molar-refractivity contribution in [3.8, 4) is 0 Å². The van der Waals surface area contributed by atoms with Crippen molar-refractivity contribution in [3.63, 3.8) is 0 Å². The molecule has 0 saturated carbocycles. The maximum Gasteiger partial charge on any atom is 0.164 e. The second-order valence-electron chi connectivity index (χ2n) is 5.38. The first kappa shape index (κ1) is 13.2. The summed E-state index contributed by atoms with van der Waals surface area (Å²) in [6.45, 7) is 7.63. The van der Waals surface area contributed by atoms with Crippen LogP contribution in [-0.4, -0.2) is 42.5 Å². The number of Topliss-reactive ketones (excluding diaryl/α,β-unsaturated/α-hetero) is 1. The third-order valence-corrected chi connectivity index (χ3v) is 3.56. The topological polar surface area (TPSA) is 29.5 Å². The minimum Gasteiger partial charge on any atom is -0.379 e. The Morgan fingerprint density at radius 1 is 1.22 bits per heavy atom. The Morgan fingerprint density at radius 2 is 1.83 bits per heavy atom. The number of carbonyl (C=O) groups excluding carboxylic acids is 1. The lowest BCUT2D eigenvalue weighted by Crippen LogP contribution is -2.50. The van der Waals surface area contributed by atoms with Gasteiger partial charge in [-0.25, -0.2) is 0 Å². The molecule has 1 aromatic rings. The third-order valence-electron chi connectivity index (χ3n) is 3.56. The quantitative estimate of drug-likeness (QED) is 0.765. The van der Waals surface area contributed by atoms with Crippen molar-refractivity contribution in [1.82, 2.24) is 4.90 Å². The van der Waals surface area contributed by atoms with Gasteiger partial charge in [0, 0.05) is 30.6 Å². The van der Waals surface area contributed by atoms with Crippen molar-refractivity contribution in [2.24, 2.45) is 0 Å². The number of hydrogen-bond acceptors (Lipinski definition) is 3. The Labute approximate surface area is 109 Å². The smallest absolute Gasteiger partial charge is 0.164 e. The number of nitrogens with zero attached hydrogens (tertiary/aromatic N) is 1. The summed E-state index contributed by atoms with van der Waals surface area (Å²) in [5, 5.41) is 0. The Kier molecular flexibility index (Phi) is 4.15. The number of carbonyl (C=O) groups is 1. The zero-order valence-electron chi connectivity index (χ0n) is 11.2. The average molecular weight is 247 g/mol. The monoisotopic (exact) mass is 247 g/mol. The average Bonchev–Trinajstić information content (AvgIpc) is 2.40. The fraction of sp³-hybridized carbons (Fsp3) is 0.533. The van der Waals surface area contributed by atoms with Crippen LogP contribution >= 0.6 is 0 Å². The van der Waals surface area contributed by atoms with E-state index < -0.39 is 0 Å². The lowest BCUT2D eigenvalue weighted by Gasteiger charge is -2.40. The lowest BCUT2D eigenvalue weighted by molar-refractivity contribution is -0.0110. The summed E-state index contributed by atoms with van der Waals surface area (Å²) in [4.78, 5) is 14.6. The molecular formula is C15H21NO2. The van der Waals surface area contributed by atoms with Crippen LogP contribution in [0.4, 0.5) is 0 Å². The van der Waals surface area contributed by atoms with Crippen molar-refractivity contribution in [2.45, 2.75) is 25.8 Å². The second kappa shape index (κ2) is 5.63. The Bertz CT molecular complexity index is 394. The minimum atomic E-state index is -0.100. The van der Waals surface area contributed by atoms with E-state index in [-0.39, 0.29) is 11.3 Å². The van der Waals surface area contributed by atoms with Gasteiger partial charge in [-0.3, -0.25) is 9.69 Å². The van der Waals surface area contributed by atoms with Gasteiger partial charge in [0.1, 0.15) is 0 Å². The highest BCUT2D eigenvalue weighted by molar-refractivity contribution is 5.96. The standard InChI is InChI=1S/C15H21NO2/c1-15(2,16-8-10-18-11-9-16)12-14(17)13-6-4-3-5-7-13/h3-7H,8-12H2,1-2H3. The van der Waals surface area contributed by atoms with E-state index in [9.17, 15) is 4.79 Å². The first-order valence-electron chi connectivity index (χ1n) is 6.51. The van der Waals surface area contributed by atoms with Crippen LogP contribution in [0, 0.1) is 0 Å². The van der Waals surface area contributed by atoms with Gasteiger partial charge < -0.3 is 4.74 Å². The summed E-state index contributed by atoms with van der Waals surface area (Å²) >= 11 is 0. The van der Waals surface area contributed by atoms with Gasteiger partial charge in [0.25, 0.3) is 0 Å². The van der Waals surface area contributed by atoms with Crippen LogP contribution in [0.1, 0.15) is 30.6 Å². The zero-order chi connectivity index (χ0) is 13.0. The molecule has 0 amide bonds. The van der Waals surface area contributed by atoms with E-state index in [2.05, 4.69) is 18.7 Å². The molecular weight excluding hydrogens is 226 g/mol. The Morgan fingerprint density at radius 3 is 2.44 bits per heavy atom. The zero-order valence-corrected chi connectivity index (χ0v) is 11.2. The second-order valence-corrected chi connectivity index (χ2v) is 5.38. The van der Waals surface area contributed by atoms with E-state index >= 15 is 0 Å². The fourth-order valence-electron chi connectivity index (χ4n) is 2.40. The summed E-state index contributed by atoms with van der Waals surface area (Å²) < 4.78 is 5.36. The Hall–Kier alpha value is -1.19. The number of rotatable bonds is 4. The fourth-order valence-corrected chi connectivity index (χ4v) is 2.40. The van der Waals surface area contributed by atoms with Gasteiger partial charge in [-0.1, -0.05) is 30.3 Å². The number of hydrogen-bond donors (Lipinski definition) is 0. The predicted octanol–water partition coefficient (Wildman–Crippen LogP) is 2.37. The largest absolute Gasteiger partial charge is 0.379 e. The van der Waals surface area contributed by atoms with Crippen LogP contribution in [0.15, 0.2) is 30.3 Å². The van der Waals surface area contributed by atoms with Crippen molar-refractivity contribution in [2.75, 3.05) is 26.3 Å². The SMILES string of the molecule is CC(C)(CC(=O)c1ccccc1)N1CCOCC1. The van der Waals surface area contributed by atoms with E-state index in [1.807, 2.05) is 30.3 Å².